The fourth-order valence-electron chi connectivity index (χ4n) is 4.39. The number of hydrogen-bond donors (Lipinski definition) is 1. The zero-order valence-corrected chi connectivity index (χ0v) is 19.1. The summed E-state index contributed by atoms with van der Waals surface area (Å²) in [6.07, 6.45) is 5.14. The Labute approximate surface area is 191 Å². The van der Waals surface area contributed by atoms with Crippen LogP contribution in [-0.4, -0.2) is 9.97 Å². The average molecular weight is 470 g/mol. The molecule has 0 radical (unpaired) electrons. The second kappa shape index (κ2) is 8.64. The van der Waals surface area contributed by atoms with Gasteiger partial charge in [0.15, 0.2) is 0 Å². The maximum absolute atomic E-state index is 4.92. The molecule has 4 aromatic rings. The molecule has 3 nitrogen and oxygen atoms in total. The Morgan fingerprint density at radius 1 is 1.00 bits per heavy atom. The third kappa shape index (κ3) is 4.13. The second-order valence-corrected chi connectivity index (χ2v) is 8.95. The molecule has 1 aliphatic carbocycles. The van der Waals surface area contributed by atoms with E-state index in [1.807, 2.05) is 6.20 Å². The quantitative estimate of drug-likeness (QED) is 0.333. The van der Waals surface area contributed by atoms with Crippen molar-refractivity contribution in [3.8, 4) is 11.3 Å². The number of rotatable bonds is 5. The topological polar surface area (TPSA) is 37.8 Å². The minimum atomic E-state index is 0.301. The summed E-state index contributed by atoms with van der Waals surface area (Å²) in [7, 11) is 0. The lowest BCUT2D eigenvalue weighted by Gasteiger charge is -2.27. The first-order valence-corrected chi connectivity index (χ1v) is 11.6. The number of nitrogens with one attached hydrogen (secondary N) is 1. The van der Waals surface area contributed by atoms with E-state index in [4.69, 9.17) is 4.98 Å². The maximum atomic E-state index is 4.92. The third-order valence-electron chi connectivity index (χ3n) is 5.88. The molecule has 0 spiro atoms. The van der Waals surface area contributed by atoms with Gasteiger partial charge in [0.25, 0.3) is 0 Å². The van der Waals surface area contributed by atoms with Gasteiger partial charge in [0, 0.05) is 27.8 Å². The molecule has 1 atom stereocenters. The Balaban J connectivity index is 1.48. The van der Waals surface area contributed by atoms with Crippen molar-refractivity contribution in [2.24, 2.45) is 0 Å². The van der Waals surface area contributed by atoms with Crippen LogP contribution in [0.15, 0.2) is 83.5 Å². The van der Waals surface area contributed by atoms with Crippen LogP contribution in [0.5, 0.6) is 0 Å². The minimum Gasteiger partial charge on any atom is -0.324 e. The summed E-state index contributed by atoms with van der Waals surface area (Å²) in [6, 6.07) is 25.7. The summed E-state index contributed by atoms with van der Waals surface area (Å²) in [4.78, 5) is 9.56. The van der Waals surface area contributed by atoms with Crippen LogP contribution in [0.2, 0.25) is 0 Å². The highest BCUT2D eigenvalue weighted by Crippen LogP contribution is 2.42. The lowest BCUT2D eigenvalue weighted by molar-refractivity contribution is 0.782. The Hall–Kier alpha value is -2.98. The van der Waals surface area contributed by atoms with E-state index in [0.29, 0.717) is 11.9 Å². The highest BCUT2D eigenvalue weighted by Gasteiger charge is 2.27. The smallest absolute Gasteiger partial charge is 0.227 e. The largest absolute Gasteiger partial charge is 0.324 e. The second-order valence-electron chi connectivity index (χ2n) is 8.04. The van der Waals surface area contributed by atoms with E-state index in [-0.39, 0.29) is 0 Å². The Morgan fingerprint density at radius 3 is 2.65 bits per heavy atom. The molecular weight excluding hydrogens is 446 g/mol. The van der Waals surface area contributed by atoms with Crippen molar-refractivity contribution in [1.29, 1.82) is 0 Å². The van der Waals surface area contributed by atoms with Crippen molar-refractivity contribution in [3.05, 3.63) is 106 Å². The first kappa shape index (κ1) is 20.0. The summed E-state index contributed by atoms with van der Waals surface area (Å²) in [5.41, 5.74) is 8.40. The van der Waals surface area contributed by atoms with Gasteiger partial charge in [0.1, 0.15) is 0 Å². The average Bonchev–Trinajstić information content (AvgIpc) is 2.80. The first-order chi connectivity index (χ1) is 15.2. The lowest BCUT2D eigenvalue weighted by atomic mass is 9.78. The summed E-state index contributed by atoms with van der Waals surface area (Å²) >= 11 is 3.62. The molecule has 1 heterocycles. The van der Waals surface area contributed by atoms with Crippen molar-refractivity contribution in [1.82, 2.24) is 9.97 Å². The van der Waals surface area contributed by atoms with Crippen LogP contribution >= 0.6 is 15.9 Å². The zero-order chi connectivity index (χ0) is 21.2. The van der Waals surface area contributed by atoms with Crippen molar-refractivity contribution < 1.29 is 0 Å². The standard InChI is InChI=1S/C27H24BrN3/c1-2-6-18-11-13-22(14-12-18)30-27-29-17-20-16-25(19-7-5-8-21(28)15-19)23-9-3-4-10-24(23)26(20)31-27/h3-5,7-15,17,25H,2,6,16H2,1H3,(H,29,30,31)/t25-/m0/s1. The molecule has 3 aromatic carbocycles. The highest BCUT2D eigenvalue weighted by molar-refractivity contribution is 9.10. The summed E-state index contributed by atoms with van der Waals surface area (Å²) < 4.78 is 1.11. The van der Waals surface area contributed by atoms with Gasteiger partial charge in [-0.2, -0.15) is 0 Å². The lowest BCUT2D eigenvalue weighted by Crippen LogP contribution is -2.15. The number of nitrogens with zero attached hydrogens (tertiary/aromatic N) is 2. The van der Waals surface area contributed by atoms with Gasteiger partial charge in [-0.05, 0) is 59.4 Å². The molecule has 0 amide bonds. The number of aromatic nitrogens is 2. The van der Waals surface area contributed by atoms with Gasteiger partial charge in [0.05, 0.1) is 5.69 Å². The van der Waals surface area contributed by atoms with Crippen molar-refractivity contribution in [2.45, 2.75) is 32.1 Å². The van der Waals surface area contributed by atoms with E-state index >= 15 is 0 Å². The molecule has 154 valence electrons. The van der Waals surface area contributed by atoms with Crippen molar-refractivity contribution >= 4 is 27.6 Å². The van der Waals surface area contributed by atoms with Crippen LogP contribution in [0.4, 0.5) is 11.6 Å². The summed E-state index contributed by atoms with van der Waals surface area (Å²) in [6.45, 7) is 2.20. The number of fused-ring (bicyclic) bond motifs is 3. The number of hydrogen-bond acceptors (Lipinski definition) is 3. The third-order valence-corrected chi connectivity index (χ3v) is 6.37. The number of anilines is 2. The predicted molar refractivity (Wildman–Crippen MR) is 131 cm³/mol. The number of benzene rings is 3. The molecule has 0 saturated carbocycles. The molecule has 1 N–H and O–H groups in total. The van der Waals surface area contributed by atoms with Crippen molar-refractivity contribution in [3.63, 3.8) is 0 Å². The fraction of sp³-hybridized carbons (Fsp3) is 0.185. The van der Waals surface area contributed by atoms with E-state index in [0.717, 1.165) is 35.1 Å². The molecule has 1 aromatic heterocycles. The minimum absolute atomic E-state index is 0.301. The molecule has 1 aliphatic rings. The number of halogens is 1. The van der Waals surface area contributed by atoms with E-state index < -0.39 is 0 Å². The van der Waals surface area contributed by atoms with Crippen LogP contribution in [-0.2, 0) is 12.8 Å². The summed E-state index contributed by atoms with van der Waals surface area (Å²) in [5.74, 6) is 0.937. The Morgan fingerprint density at radius 2 is 1.84 bits per heavy atom. The SMILES string of the molecule is CCCc1ccc(Nc2ncc3c(n2)-c2ccccc2[C@H](c2cccc(Br)c2)C3)cc1. The normalized spacial score (nSPS) is 14.6. The maximum Gasteiger partial charge on any atom is 0.227 e. The van der Waals surface area contributed by atoms with Gasteiger partial charge in [0.2, 0.25) is 5.95 Å². The predicted octanol–water partition coefficient (Wildman–Crippen LogP) is 7.29. The Kier molecular flexibility index (Phi) is 5.56. The fourth-order valence-corrected chi connectivity index (χ4v) is 4.81. The van der Waals surface area contributed by atoms with Crippen LogP contribution in [0.3, 0.4) is 0 Å². The molecule has 0 fully saturated rings. The molecule has 31 heavy (non-hydrogen) atoms. The number of aryl methyl sites for hydroxylation is 1. The van der Waals surface area contributed by atoms with Crippen molar-refractivity contribution in [2.75, 3.05) is 5.32 Å². The van der Waals surface area contributed by atoms with Gasteiger partial charge in [-0.25, -0.2) is 9.97 Å². The zero-order valence-electron chi connectivity index (χ0n) is 17.5. The molecule has 0 saturated heterocycles. The molecule has 0 aliphatic heterocycles. The molecule has 5 rings (SSSR count). The van der Waals surface area contributed by atoms with Gasteiger partial charge in [-0.1, -0.05) is 77.8 Å². The molecule has 0 bridgehead atoms. The van der Waals surface area contributed by atoms with Crippen LogP contribution in [0.25, 0.3) is 11.3 Å². The van der Waals surface area contributed by atoms with E-state index in [1.54, 1.807) is 0 Å². The van der Waals surface area contributed by atoms with Gasteiger partial charge in [-0.15, -0.1) is 0 Å². The highest BCUT2D eigenvalue weighted by atomic mass is 79.9. The van der Waals surface area contributed by atoms with Crippen LogP contribution < -0.4 is 5.32 Å². The molecule has 0 unspecified atom stereocenters. The van der Waals surface area contributed by atoms with E-state index in [9.17, 15) is 0 Å². The van der Waals surface area contributed by atoms with Gasteiger partial charge in [-0.3, -0.25) is 0 Å². The van der Waals surface area contributed by atoms with Gasteiger partial charge < -0.3 is 5.32 Å². The molecule has 4 heteroatoms. The first-order valence-electron chi connectivity index (χ1n) is 10.8. The molecular formula is C27H24BrN3. The van der Waals surface area contributed by atoms with Gasteiger partial charge >= 0.3 is 0 Å². The summed E-state index contributed by atoms with van der Waals surface area (Å²) in [5, 5.41) is 3.38. The van der Waals surface area contributed by atoms with Crippen LogP contribution in [0.1, 0.15) is 41.5 Å². The van der Waals surface area contributed by atoms with E-state index in [1.165, 1.54) is 27.8 Å². The monoisotopic (exact) mass is 469 g/mol. The van der Waals surface area contributed by atoms with Crippen LogP contribution in [0, 0.1) is 0 Å². The van der Waals surface area contributed by atoms with E-state index in [2.05, 4.69) is 106 Å². The Bertz CT molecular complexity index is 1220.